The van der Waals surface area contributed by atoms with Crippen LogP contribution in [0.1, 0.15) is 25.7 Å². The standard InChI is InChI=1S/C15H18ClN3O/c16-13-6-5-12-11(14(13)17)7-8-18-15(12)19-9-1-3-10(20)4-2-9/h5-10,20H,1-4,17H2,(H,18,19). The predicted octanol–water partition coefficient (Wildman–Crippen LogP) is 3.19. The fourth-order valence-electron chi connectivity index (χ4n) is 2.78. The van der Waals surface area contributed by atoms with Crippen molar-refractivity contribution in [1.29, 1.82) is 0 Å². The second-order valence-corrected chi connectivity index (χ2v) is 5.77. The van der Waals surface area contributed by atoms with E-state index in [1.165, 1.54) is 0 Å². The van der Waals surface area contributed by atoms with Crippen molar-refractivity contribution in [2.75, 3.05) is 11.1 Å². The van der Waals surface area contributed by atoms with Crippen molar-refractivity contribution in [3.05, 3.63) is 29.4 Å². The van der Waals surface area contributed by atoms with Crippen molar-refractivity contribution in [2.45, 2.75) is 37.8 Å². The van der Waals surface area contributed by atoms with E-state index in [0.717, 1.165) is 42.3 Å². The minimum Gasteiger partial charge on any atom is -0.397 e. The molecule has 106 valence electrons. The fraction of sp³-hybridized carbons (Fsp3) is 0.400. The maximum absolute atomic E-state index is 9.56. The summed E-state index contributed by atoms with van der Waals surface area (Å²) < 4.78 is 0. The van der Waals surface area contributed by atoms with Gasteiger partial charge in [0.1, 0.15) is 5.82 Å². The molecule has 0 bridgehead atoms. The molecule has 1 aliphatic carbocycles. The third-order valence-corrected chi connectivity index (χ3v) is 4.30. The summed E-state index contributed by atoms with van der Waals surface area (Å²) in [6.07, 6.45) is 5.20. The number of rotatable bonds is 2. The molecular formula is C15H18ClN3O. The van der Waals surface area contributed by atoms with Crippen molar-refractivity contribution in [2.24, 2.45) is 0 Å². The molecule has 0 unspecified atom stereocenters. The van der Waals surface area contributed by atoms with Gasteiger partial charge in [-0.15, -0.1) is 0 Å². The predicted molar refractivity (Wildman–Crippen MR) is 83.1 cm³/mol. The average Bonchev–Trinajstić information content (AvgIpc) is 2.46. The van der Waals surface area contributed by atoms with Crippen LogP contribution in [-0.4, -0.2) is 22.2 Å². The lowest BCUT2D eigenvalue weighted by molar-refractivity contribution is 0.126. The van der Waals surface area contributed by atoms with Crippen LogP contribution in [0.2, 0.25) is 5.02 Å². The summed E-state index contributed by atoms with van der Waals surface area (Å²) in [7, 11) is 0. The molecule has 0 spiro atoms. The topological polar surface area (TPSA) is 71.2 Å². The van der Waals surface area contributed by atoms with Gasteiger partial charge in [-0.25, -0.2) is 4.98 Å². The summed E-state index contributed by atoms with van der Waals surface area (Å²) in [5.74, 6) is 0.840. The van der Waals surface area contributed by atoms with Gasteiger partial charge >= 0.3 is 0 Å². The number of benzene rings is 1. The zero-order chi connectivity index (χ0) is 14.1. The summed E-state index contributed by atoms with van der Waals surface area (Å²) in [4.78, 5) is 4.42. The van der Waals surface area contributed by atoms with E-state index in [2.05, 4.69) is 10.3 Å². The van der Waals surface area contributed by atoms with Crippen molar-refractivity contribution in [1.82, 2.24) is 4.98 Å². The fourth-order valence-corrected chi connectivity index (χ4v) is 2.95. The minimum atomic E-state index is -0.150. The van der Waals surface area contributed by atoms with Gasteiger partial charge in [0.05, 0.1) is 16.8 Å². The zero-order valence-electron chi connectivity index (χ0n) is 11.1. The molecule has 4 N–H and O–H groups in total. The van der Waals surface area contributed by atoms with Crippen LogP contribution in [0.15, 0.2) is 24.4 Å². The Hall–Kier alpha value is -1.52. The van der Waals surface area contributed by atoms with E-state index in [9.17, 15) is 5.11 Å². The highest BCUT2D eigenvalue weighted by atomic mass is 35.5. The summed E-state index contributed by atoms with van der Waals surface area (Å²) in [5.41, 5.74) is 6.61. The lowest BCUT2D eigenvalue weighted by Crippen LogP contribution is -2.28. The normalized spacial score (nSPS) is 22.9. The van der Waals surface area contributed by atoms with Gasteiger partial charge < -0.3 is 16.2 Å². The first-order valence-electron chi connectivity index (χ1n) is 6.92. The highest BCUT2D eigenvalue weighted by Crippen LogP contribution is 2.32. The first kappa shape index (κ1) is 13.5. The molecule has 1 fully saturated rings. The monoisotopic (exact) mass is 291 g/mol. The molecule has 1 saturated carbocycles. The molecule has 20 heavy (non-hydrogen) atoms. The van der Waals surface area contributed by atoms with Gasteiger partial charge in [0, 0.05) is 23.0 Å². The first-order chi connectivity index (χ1) is 9.65. The Morgan fingerprint density at radius 2 is 1.90 bits per heavy atom. The number of halogens is 1. The molecular weight excluding hydrogens is 274 g/mol. The Balaban J connectivity index is 1.90. The number of hydrogen-bond acceptors (Lipinski definition) is 4. The van der Waals surface area contributed by atoms with Crippen LogP contribution in [-0.2, 0) is 0 Å². The van der Waals surface area contributed by atoms with E-state index >= 15 is 0 Å². The maximum Gasteiger partial charge on any atom is 0.134 e. The van der Waals surface area contributed by atoms with Gasteiger partial charge in [-0.2, -0.15) is 0 Å². The van der Waals surface area contributed by atoms with Gasteiger partial charge in [0.25, 0.3) is 0 Å². The summed E-state index contributed by atoms with van der Waals surface area (Å²) >= 11 is 6.05. The molecule has 0 radical (unpaired) electrons. The van der Waals surface area contributed by atoms with Gasteiger partial charge in [0.15, 0.2) is 0 Å². The molecule has 4 nitrogen and oxygen atoms in total. The highest BCUT2D eigenvalue weighted by Gasteiger charge is 2.20. The Labute approximate surface area is 123 Å². The number of anilines is 2. The van der Waals surface area contributed by atoms with Crippen LogP contribution in [0.5, 0.6) is 0 Å². The number of nitrogen functional groups attached to an aromatic ring is 1. The number of nitrogens with one attached hydrogen (secondary N) is 1. The van der Waals surface area contributed by atoms with Crippen LogP contribution in [0.3, 0.4) is 0 Å². The van der Waals surface area contributed by atoms with Gasteiger partial charge in [-0.3, -0.25) is 0 Å². The molecule has 0 amide bonds. The van der Waals surface area contributed by atoms with E-state index in [1.807, 2.05) is 12.1 Å². The van der Waals surface area contributed by atoms with Crippen LogP contribution in [0.25, 0.3) is 10.8 Å². The zero-order valence-corrected chi connectivity index (χ0v) is 11.9. The number of fused-ring (bicyclic) bond motifs is 1. The highest BCUT2D eigenvalue weighted by molar-refractivity contribution is 6.34. The lowest BCUT2D eigenvalue weighted by atomic mass is 9.93. The Bertz CT molecular complexity index is 624. The second kappa shape index (κ2) is 5.46. The molecule has 1 aromatic heterocycles. The third-order valence-electron chi connectivity index (χ3n) is 3.97. The van der Waals surface area contributed by atoms with Crippen molar-refractivity contribution in [3.63, 3.8) is 0 Å². The molecule has 0 atom stereocenters. The molecule has 0 aliphatic heterocycles. The van der Waals surface area contributed by atoms with Gasteiger partial charge in [0.2, 0.25) is 0 Å². The van der Waals surface area contributed by atoms with Crippen LogP contribution in [0.4, 0.5) is 11.5 Å². The molecule has 5 heteroatoms. The molecule has 1 aliphatic rings. The number of aliphatic hydroxyl groups excluding tert-OH is 1. The smallest absolute Gasteiger partial charge is 0.134 e. The van der Waals surface area contributed by atoms with Crippen LogP contribution in [0, 0.1) is 0 Å². The quantitative estimate of drug-likeness (QED) is 0.743. The third kappa shape index (κ3) is 2.53. The van der Waals surface area contributed by atoms with Crippen molar-refractivity contribution < 1.29 is 5.11 Å². The molecule has 1 heterocycles. The second-order valence-electron chi connectivity index (χ2n) is 5.37. The largest absolute Gasteiger partial charge is 0.397 e. The minimum absolute atomic E-state index is 0.150. The van der Waals surface area contributed by atoms with Gasteiger partial charge in [-0.05, 0) is 43.9 Å². The summed E-state index contributed by atoms with van der Waals surface area (Å²) in [6, 6.07) is 5.98. The van der Waals surface area contributed by atoms with E-state index in [-0.39, 0.29) is 6.10 Å². The number of hydrogen-bond donors (Lipinski definition) is 3. The number of pyridine rings is 1. The van der Waals surface area contributed by atoms with E-state index in [4.69, 9.17) is 17.3 Å². The lowest BCUT2D eigenvalue weighted by Gasteiger charge is -2.27. The molecule has 3 rings (SSSR count). The molecule has 1 aromatic carbocycles. The number of aliphatic hydroxyl groups is 1. The maximum atomic E-state index is 9.56. The number of nitrogens with two attached hydrogens (primary N) is 1. The van der Waals surface area contributed by atoms with E-state index in [0.29, 0.717) is 16.8 Å². The van der Waals surface area contributed by atoms with Gasteiger partial charge in [-0.1, -0.05) is 11.6 Å². The Morgan fingerprint density at radius 1 is 1.15 bits per heavy atom. The van der Waals surface area contributed by atoms with E-state index < -0.39 is 0 Å². The summed E-state index contributed by atoms with van der Waals surface area (Å²) in [6.45, 7) is 0. The van der Waals surface area contributed by atoms with E-state index in [1.54, 1.807) is 12.3 Å². The van der Waals surface area contributed by atoms with Crippen molar-refractivity contribution >= 4 is 33.9 Å². The van der Waals surface area contributed by atoms with Crippen LogP contribution < -0.4 is 11.1 Å². The van der Waals surface area contributed by atoms with Crippen LogP contribution >= 0.6 is 11.6 Å². The number of nitrogens with zero attached hydrogens (tertiary/aromatic N) is 1. The molecule has 2 aromatic rings. The Morgan fingerprint density at radius 3 is 2.65 bits per heavy atom. The molecule has 0 saturated heterocycles. The Kier molecular flexibility index (Phi) is 3.68. The SMILES string of the molecule is Nc1c(Cl)ccc2c(NC3CCC(O)CC3)nccc12. The number of aromatic nitrogens is 1. The average molecular weight is 292 g/mol. The first-order valence-corrected chi connectivity index (χ1v) is 7.30. The summed E-state index contributed by atoms with van der Waals surface area (Å²) in [5, 5.41) is 15.5. The van der Waals surface area contributed by atoms with Crippen molar-refractivity contribution in [3.8, 4) is 0 Å².